The lowest BCUT2D eigenvalue weighted by Gasteiger charge is -2.11. The number of aromatic nitrogens is 5. The highest BCUT2D eigenvalue weighted by Gasteiger charge is 2.14. The van der Waals surface area contributed by atoms with Crippen LogP contribution in [0.5, 0.6) is 5.75 Å². The largest absolute Gasteiger partial charge is 0.485 e. The van der Waals surface area contributed by atoms with Crippen LogP contribution in [0, 0.1) is 13.8 Å². The molecule has 0 aliphatic heterocycles. The maximum atomic E-state index is 12.0. The molecule has 0 radical (unpaired) electrons. The molecule has 2 heterocycles. The first kappa shape index (κ1) is 19.3. The lowest BCUT2D eigenvalue weighted by Crippen LogP contribution is -2.14. The van der Waals surface area contributed by atoms with E-state index >= 15 is 0 Å². The third-order valence-corrected chi connectivity index (χ3v) is 5.31. The van der Waals surface area contributed by atoms with Crippen molar-refractivity contribution >= 4 is 34.1 Å². The summed E-state index contributed by atoms with van der Waals surface area (Å²) in [6.45, 7) is 7.09. The van der Waals surface area contributed by atoms with E-state index in [0.717, 1.165) is 17.1 Å². The number of thioether (sulfide) groups is 1. The van der Waals surface area contributed by atoms with Crippen molar-refractivity contribution in [1.29, 1.82) is 0 Å². The third kappa shape index (κ3) is 5.04. The van der Waals surface area contributed by atoms with Gasteiger partial charge in [0.05, 0.1) is 5.75 Å². The minimum atomic E-state index is -0.157. The molecule has 0 spiro atoms. The molecule has 0 aliphatic carbocycles. The Morgan fingerprint density at radius 1 is 1.30 bits per heavy atom. The van der Waals surface area contributed by atoms with Gasteiger partial charge in [0, 0.05) is 6.54 Å². The Kier molecular flexibility index (Phi) is 6.40. The van der Waals surface area contributed by atoms with E-state index in [9.17, 15) is 4.79 Å². The van der Waals surface area contributed by atoms with Gasteiger partial charge in [-0.1, -0.05) is 40.8 Å². The number of amides is 1. The van der Waals surface area contributed by atoms with E-state index in [2.05, 4.69) is 38.7 Å². The molecule has 10 heteroatoms. The number of ether oxygens (including phenoxy) is 1. The highest BCUT2D eigenvalue weighted by Crippen LogP contribution is 2.22. The topological polar surface area (TPSA) is 94.8 Å². The smallest absolute Gasteiger partial charge is 0.236 e. The zero-order chi connectivity index (χ0) is 19.2. The van der Waals surface area contributed by atoms with Crippen LogP contribution in [-0.2, 0) is 17.9 Å². The molecular weight excluding hydrogens is 384 g/mol. The van der Waals surface area contributed by atoms with Crippen LogP contribution in [0.4, 0.5) is 5.13 Å². The third-order valence-electron chi connectivity index (χ3n) is 3.74. The molecule has 0 bridgehead atoms. The van der Waals surface area contributed by atoms with Gasteiger partial charge in [0.1, 0.15) is 17.9 Å². The van der Waals surface area contributed by atoms with Crippen LogP contribution in [0.25, 0.3) is 0 Å². The maximum absolute atomic E-state index is 12.0. The summed E-state index contributed by atoms with van der Waals surface area (Å²) >= 11 is 2.61. The summed E-state index contributed by atoms with van der Waals surface area (Å²) in [7, 11) is 0. The number of nitrogens with one attached hydrogen (secondary N) is 1. The molecule has 0 saturated carbocycles. The monoisotopic (exact) mass is 404 g/mol. The van der Waals surface area contributed by atoms with Crippen LogP contribution in [0.3, 0.4) is 0 Å². The van der Waals surface area contributed by atoms with Gasteiger partial charge in [-0.25, -0.2) is 0 Å². The molecule has 3 aromatic rings. The van der Waals surface area contributed by atoms with Crippen LogP contribution in [-0.4, -0.2) is 36.6 Å². The van der Waals surface area contributed by atoms with Crippen LogP contribution in [0.2, 0.25) is 0 Å². The second kappa shape index (κ2) is 8.96. The van der Waals surface area contributed by atoms with Gasteiger partial charge in [-0.15, -0.1) is 20.4 Å². The number of carbonyl (C=O) groups excluding carboxylic acids is 1. The summed E-state index contributed by atoms with van der Waals surface area (Å²) in [6.07, 6.45) is 0. The van der Waals surface area contributed by atoms with E-state index in [1.165, 1.54) is 28.7 Å². The number of rotatable bonds is 8. The number of nitrogens with zero attached hydrogens (tertiary/aromatic N) is 5. The summed E-state index contributed by atoms with van der Waals surface area (Å²) in [5, 5.41) is 19.8. The molecule has 0 atom stereocenters. The standard InChI is InChI=1S/C17H20N6O2S2/c1-4-23-14(8-25-13-6-5-11(2)7-12(13)3)20-22-17(23)26-9-15(24)19-16-21-18-10-27-16/h5-7,10H,4,8-9H2,1-3H3,(H,19,21,24). The molecule has 0 aliphatic rings. The van der Waals surface area contributed by atoms with Gasteiger partial charge >= 0.3 is 0 Å². The molecule has 0 unspecified atom stereocenters. The van der Waals surface area contributed by atoms with Crippen molar-refractivity contribution in [3.63, 3.8) is 0 Å². The van der Waals surface area contributed by atoms with Gasteiger partial charge in [-0.05, 0) is 32.4 Å². The van der Waals surface area contributed by atoms with Crippen molar-refractivity contribution in [1.82, 2.24) is 25.0 Å². The summed E-state index contributed by atoms with van der Waals surface area (Å²) in [5.74, 6) is 1.62. The summed E-state index contributed by atoms with van der Waals surface area (Å²) < 4.78 is 7.85. The number of aryl methyl sites for hydroxylation is 2. The predicted molar refractivity (Wildman–Crippen MR) is 105 cm³/mol. The molecule has 0 saturated heterocycles. The van der Waals surface area contributed by atoms with Crippen LogP contribution in [0.15, 0.2) is 28.9 Å². The molecule has 27 heavy (non-hydrogen) atoms. The average molecular weight is 405 g/mol. The summed E-state index contributed by atoms with van der Waals surface area (Å²) in [4.78, 5) is 12.0. The first-order chi connectivity index (χ1) is 13.1. The molecule has 3 rings (SSSR count). The molecule has 1 N–H and O–H groups in total. The Morgan fingerprint density at radius 2 is 2.15 bits per heavy atom. The number of benzene rings is 1. The van der Waals surface area contributed by atoms with Crippen molar-refractivity contribution in [2.45, 2.75) is 39.1 Å². The van der Waals surface area contributed by atoms with E-state index in [-0.39, 0.29) is 11.7 Å². The summed E-state index contributed by atoms with van der Waals surface area (Å²) in [6, 6.07) is 6.06. The predicted octanol–water partition coefficient (Wildman–Crippen LogP) is 3.08. The number of carbonyl (C=O) groups is 1. The number of hydrogen-bond acceptors (Lipinski definition) is 8. The van der Waals surface area contributed by atoms with Crippen molar-refractivity contribution in [3.8, 4) is 5.75 Å². The highest BCUT2D eigenvalue weighted by molar-refractivity contribution is 7.99. The molecule has 0 fully saturated rings. The Bertz CT molecular complexity index is 910. The van der Waals surface area contributed by atoms with E-state index in [0.29, 0.717) is 23.4 Å². The fourth-order valence-corrected chi connectivity index (χ4v) is 3.75. The van der Waals surface area contributed by atoms with Crippen LogP contribution >= 0.6 is 23.1 Å². The van der Waals surface area contributed by atoms with E-state index < -0.39 is 0 Å². The molecular formula is C17H20N6O2S2. The summed E-state index contributed by atoms with van der Waals surface area (Å²) in [5.41, 5.74) is 3.85. The van der Waals surface area contributed by atoms with Gasteiger partial charge in [0.15, 0.2) is 11.0 Å². The Balaban J connectivity index is 1.59. The van der Waals surface area contributed by atoms with Crippen molar-refractivity contribution in [2.75, 3.05) is 11.1 Å². The SMILES string of the molecule is CCn1c(COc2ccc(C)cc2C)nnc1SCC(=O)Nc1nncs1. The second-order valence-corrected chi connectivity index (χ2v) is 7.56. The van der Waals surface area contributed by atoms with E-state index in [4.69, 9.17) is 4.74 Å². The quantitative estimate of drug-likeness (QED) is 0.577. The minimum Gasteiger partial charge on any atom is -0.485 e. The average Bonchev–Trinajstić information content (AvgIpc) is 3.28. The first-order valence-corrected chi connectivity index (χ1v) is 10.2. The maximum Gasteiger partial charge on any atom is 0.236 e. The molecule has 8 nitrogen and oxygen atoms in total. The highest BCUT2D eigenvalue weighted by atomic mass is 32.2. The van der Waals surface area contributed by atoms with Crippen molar-refractivity contribution in [3.05, 3.63) is 40.7 Å². The van der Waals surface area contributed by atoms with E-state index in [1.807, 2.05) is 30.5 Å². The van der Waals surface area contributed by atoms with Crippen LogP contribution < -0.4 is 10.1 Å². The van der Waals surface area contributed by atoms with Gasteiger partial charge in [-0.3, -0.25) is 10.1 Å². The molecule has 2 aromatic heterocycles. The fraction of sp³-hybridized carbons (Fsp3) is 0.353. The second-order valence-electron chi connectivity index (χ2n) is 5.78. The number of anilines is 1. The number of hydrogen-bond donors (Lipinski definition) is 1. The molecule has 1 aromatic carbocycles. The lowest BCUT2D eigenvalue weighted by molar-refractivity contribution is -0.113. The normalized spacial score (nSPS) is 10.8. The van der Waals surface area contributed by atoms with Crippen molar-refractivity contribution < 1.29 is 9.53 Å². The molecule has 1 amide bonds. The lowest BCUT2D eigenvalue weighted by atomic mass is 10.1. The van der Waals surface area contributed by atoms with Crippen molar-refractivity contribution in [2.24, 2.45) is 0 Å². The van der Waals surface area contributed by atoms with Gasteiger partial charge in [0.25, 0.3) is 0 Å². The zero-order valence-corrected chi connectivity index (χ0v) is 16.9. The van der Waals surface area contributed by atoms with Gasteiger partial charge in [0.2, 0.25) is 11.0 Å². The Hall–Kier alpha value is -2.46. The zero-order valence-electron chi connectivity index (χ0n) is 15.3. The van der Waals surface area contributed by atoms with Gasteiger partial charge < -0.3 is 9.30 Å². The Morgan fingerprint density at radius 3 is 2.85 bits per heavy atom. The minimum absolute atomic E-state index is 0.157. The Labute approximate surface area is 165 Å². The van der Waals surface area contributed by atoms with Gasteiger partial charge in [-0.2, -0.15) is 0 Å². The first-order valence-electron chi connectivity index (χ1n) is 8.37. The fourth-order valence-electron chi connectivity index (χ4n) is 2.47. The molecule has 142 valence electrons. The van der Waals surface area contributed by atoms with E-state index in [1.54, 1.807) is 5.51 Å². The van der Waals surface area contributed by atoms with Crippen LogP contribution in [0.1, 0.15) is 23.9 Å².